The number of carbonyl (C=O) groups excluding carboxylic acids is 2. The molecule has 0 saturated carbocycles. The monoisotopic (exact) mass is 356 g/mol. The molecule has 2 amide bonds. The van der Waals surface area contributed by atoms with E-state index in [0.717, 1.165) is 19.4 Å². The first-order valence-corrected chi connectivity index (χ1v) is 8.97. The molecule has 0 spiro atoms. The molecule has 26 heavy (non-hydrogen) atoms. The molecule has 2 aliphatic rings. The van der Waals surface area contributed by atoms with Crippen LogP contribution in [-0.4, -0.2) is 51.3 Å². The molecule has 138 valence electrons. The molecular formula is C18H24N6O2. The minimum Gasteiger partial charge on any atom is -0.350 e. The second kappa shape index (κ2) is 7.68. The SMILES string of the molecule is C#CCCC1(CCC(=O)N2CCCC2CNC(=O)c2cnn(C)c2)N=N1. The van der Waals surface area contributed by atoms with Gasteiger partial charge in [-0.25, -0.2) is 0 Å². The van der Waals surface area contributed by atoms with Gasteiger partial charge in [-0.2, -0.15) is 15.3 Å². The molecule has 0 radical (unpaired) electrons. The molecule has 3 rings (SSSR count). The molecule has 2 aliphatic heterocycles. The van der Waals surface area contributed by atoms with Crippen LogP contribution in [-0.2, 0) is 11.8 Å². The van der Waals surface area contributed by atoms with Gasteiger partial charge in [0.2, 0.25) is 5.91 Å². The Labute approximate surface area is 153 Å². The van der Waals surface area contributed by atoms with E-state index in [2.05, 4.69) is 26.6 Å². The highest BCUT2D eigenvalue weighted by molar-refractivity contribution is 5.93. The number of aryl methyl sites for hydroxylation is 1. The van der Waals surface area contributed by atoms with Gasteiger partial charge in [-0.15, -0.1) is 12.3 Å². The lowest BCUT2D eigenvalue weighted by molar-refractivity contribution is -0.132. The molecule has 0 aliphatic carbocycles. The van der Waals surface area contributed by atoms with Crippen molar-refractivity contribution in [3.05, 3.63) is 18.0 Å². The van der Waals surface area contributed by atoms with Gasteiger partial charge in [-0.1, -0.05) is 0 Å². The maximum atomic E-state index is 12.6. The zero-order valence-corrected chi connectivity index (χ0v) is 15.0. The molecule has 1 N–H and O–H groups in total. The lowest BCUT2D eigenvalue weighted by Gasteiger charge is -2.25. The van der Waals surface area contributed by atoms with E-state index in [1.165, 1.54) is 6.20 Å². The Morgan fingerprint density at radius 2 is 2.23 bits per heavy atom. The summed E-state index contributed by atoms with van der Waals surface area (Å²) in [5, 5.41) is 15.1. The number of nitrogens with zero attached hydrogens (tertiary/aromatic N) is 5. The summed E-state index contributed by atoms with van der Waals surface area (Å²) in [6.45, 7) is 1.19. The highest BCUT2D eigenvalue weighted by Gasteiger charge is 2.40. The Balaban J connectivity index is 1.46. The van der Waals surface area contributed by atoms with Crippen LogP contribution in [0.2, 0.25) is 0 Å². The summed E-state index contributed by atoms with van der Waals surface area (Å²) >= 11 is 0. The van der Waals surface area contributed by atoms with E-state index in [1.54, 1.807) is 17.9 Å². The number of hydrogen-bond acceptors (Lipinski definition) is 5. The molecule has 0 aromatic carbocycles. The molecule has 1 unspecified atom stereocenters. The van der Waals surface area contributed by atoms with Crippen molar-refractivity contribution in [2.75, 3.05) is 13.1 Å². The summed E-state index contributed by atoms with van der Waals surface area (Å²) in [7, 11) is 1.77. The van der Waals surface area contributed by atoms with Gasteiger partial charge < -0.3 is 10.2 Å². The zero-order chi connectivity index (χ0) is 18.6. The third-order valence-corrected chi connectivity index (χ3v) is 4.95. The van der Waals surface area contributed by atoms with Crippen molar-refractivity contribution in [2.45, 2.75) is 50.2 Å². The van der Waals surface area contributed by atoms with Crippen LogP contribution in [0.1, 0.15) is 48.9 Å². The minimum atomic E-state index is -0.425. The van der Waals surface area contributed by atoms with Gasteiger partial charge in [0.15, 0.2) is 5.66 Å². The van der Waals surface area contributed by atoms with Crippen LogP contribution in [0.3, 0.4) is 0 Å². The number of amides is 2. The van der Waals surface area contributed by atoms with Crippen molar-refractivity contribution in [3.8, 4) is 12.3 Å². The Morgan fingerprint density at radius 1 is 1.42 bits per heavy atom. The number of hydrogen-bond donors (Lipinski definition) is 1. The minimum absolute atomic E-state index is 0.0397. The maximum absolute atomic E-state index is 12.6. The van der Waals surface area contributed by atoms with E-state index < -0.39 is 5.66 Å². The fraction of sp³-hybridized carbons (Fsp3) is 0.611. The summed E-state index contributed by atoms with van der Waals surface area (Å²) < 4.78 is 1.59. The van der Waals surface area contributed by atoms with E-state index in [4.69, 9.17) is 6.42 Å². The van der Waals surface area contributed by atoms with Gasteiger partial charge in [-0.05, 0) is 12.8 Å². The quantitative estimate of drug-likeness (QED) is 0.716. The molecule has 0 bridgehead atoms. The molecule has 1 aromatic heterocycles. The van der Waals surface area contributed by atoms with Crippen LogP contribution >= 0.6 is 0 Å². The number of likely N-dealkylation sites (tertiary alicyclic amines) is 1. The van der Waals surface area contributed by atoms with E-state index in [9.17, 15) is 9.59 Å². The first-order chi connectivity index (χ1) is 12.5. The molecule has 1 aromatic rings. The highest BCUT2D eigenvalue weighted by atomic mass is 16.2. The molecule has 1 atom stereocenters. The van der Waals surface area contributed by atoms with Crippen molar-refractivity contribution in [3.63, 3.8) is 0 Å². The highest BCUT2D eigenvalue weighted by Crippen LogP contribution is 2.38. The number of terminal acetylenes is 1. The summed E-state index contributed by atoms with van der Waals surface area (Å²) in [5.41, 5.74) is 0.0990. The number of aromatic nitrogens is 2. The summed E-state index contributed by atoms with van der Waals surface area (Å²) in [4.78, 5) is 26.6. The van der Waals surface area contributed by atoms with Crippen LogP contribution in [0.15, 0.2) is 22.6 Å². The standard InChI is InChI=1S/C18H24N6O2/c1-3-4-8-18(21-22-18)9-7-16(25)24-10-5-6-15(24)12-19-17(26)14-11-20-23(2)13-14/h1,11,13,15H,4-10,12H2,2H3,(H,19,26). The van der Waals surface area contributed by atoms with Crippen molar-refractivity contribution in [1.29, 1.82) is 0 Å². The number of nitrogens with one attached hydrogen (secondary N) is 1. The predicted octanol–water partition coefficient (Wildman–Crippen LogP) is 1.50. The Kier molecular flexibility index (Phi) is 5.35. The molecule has 1 saturated heterocycles. The average Bonchev–Trinajstić information content (AvgIpc) is 3.03. The lowest BCUT2D eigenvalue weighted by Crippen LogP contribution is -2.43. The summed E-state index contributed by atoms with van der Waals surface area (Å²) in [5.74, 6) is 2.53. The van der Waals surface area contributed by atoms with Gasteiger partial charge in [0, 0.05) is 58.1 Å². The van der Waals surface area contributed by atoms with E-state index in [1.807, 2.05) is 4.90 Å². The Hall–Kier alpha value is -2.69. The number of rotatable bonds is 8. The Bertz CT molecular complexity index is 741. The van der Waals surface area contributed by atoms with Crippen LogP contribution in [0.25, 0.3) is 0 Å². The van der Waals surface area contributed by atoms with Crippen LogP contribution in [0.5, 0.6) is 0 Å². The van der Waals surface area contributed by atoms with E-state index in [0.29, 0.717) is 37.8 Å². The summed E-state index contributed by atoms with van der Waals surface area (Å²) in [6.07, 6.45) is 12.7. The fourth-order valence-electron chi connectivity index (χ4n) is 3.35. The second-order valence-electron chi connectivity index (χ2n) is 6.88. The lowest BCUT2D eigenvalue weighted by atomic mass is 10.0. The normalized spacial score (nSPS) is 20.0. The molecule has 8 heteroatoms. The third-order valence-electron chi connectivity index (χ3n) is 4.95. The topological polar surface area (TPSA) is 92.0 Å². The van der Waals surface area contributed by atoms with Crippen LogP contribution in [0.4, 0.5) is 0 Å². The average molecular weight is 356 g/mol. The maximum Gasteiger partial charge on any atom is 0.254 e. The summed E-state index contributed by atoms with van der Waals surface area (Å²) in [6, 6.07) is 0.0397. The molecular weight excluding hydrogens is 332 g/mol. The van der Waals surface area contributed by atoms with Gasteiger partial charge >= 0.3 is 0 Å². The smallest absolute Gasteiger partial charge is 0.254 e. The van der Waals surface area contributed by atoms with Crippen molar-refractivity contribution in [1.82, 2.24) is 20.0 Å². The van der Waals surface area contributed by atoms with E-state index >= 15 is 0 Å². The largest absolute Gasteiger partial charge is 0.350 e. The second-order valence-corrected chi connectivity index (χ2v) is 6.88. The third kappa shape index (κ3) is 4.28. The molecule has 1 fully saturated rings. The van der Waals surface area contributed by atoms with Gasteiger partial charge in [0.25, 0.3) is 5.91 Å². The number of carbonyl (C=O) groups is 2. The van der Waals surface area contributed by atoms with Gasteiger partial charge in [-0.3, -0.25) is 14.3 Å². The van der Waals surface area contributed by atoms with Gasteiger partial charge in [0.1, 0.15) is 0 Å². The van der Waals surface area contributed by atoms with E-state index in [-0.39, 0.29) is 17.9 Å². The van der Waals surface area contributed by atoms with Crippen LogP contribution in [0, 0.1) is 12.3 Å². The first-order valence-electron chi connectivity index (χ1n) is 8.97. The molecule has 3 heterocycles. The van der Waals surface area contributed by atoms with Crippen molar-refractivity contribution >= 4 is 11.8 Å². The zero-order valence-electron chi connectivity index (χ0n) is 15.0. The first kappa shape index (κ1) is 18.1. The fourth-order valence-corrected chi connectivity index (χ4v) is 3.35. The predicted molar refractivity (Wildman–Crippen MR) is 95.2 cm³/mol. The van der Waals surface area contributed by atoms with Crippen molar-refractivity contribution < 1.29 is 9.59 Å². The van der Waals surface area contributed by atoms with Crippen LogP contribution < -0.4 is 5.32 Å². The Morgan fingerprint density at radius 3 is 2.88 bits per heavy atom. The molecule has 8 nitrogen and oxygen atoms in total. The van der Waals surface area contributed by atoms with Crippen molar-refractivity contribution in [2.24, 2.45) is 17.3 Å². The van der Waals surface area contributed by atoms with Gasteiger partial charge in [0.05, 0.1) is 11.8 Å².